The first-order chi connectivity index (χ1) is 19.3. The van der Waals surface area contributed by atoms with Gasteiger partial charge in [-0.3, -0.25) is 4.79 Å². The van der Waals surface area contributed by atoms with Crippen LogP contribution >= 0.6 is 11.6 Å². The van der Waals surface area contributed by atoms with Crippen LogP contribution in [0, 0.1) is 0 Å². The van der Waals surface area contributed by atoms with Gasteiger partial charge < -0.3 is 14.9 Å². The topological polar surface area (TPSA) is 74.5 Å². The molecule has 0 spiro atoms. The molecule has 0 radical (unpaired) electrons. The lowest BCUT2D eigenvalue weighted by atomic mass is 10.0. The number of aliphatic hydroxyl groups is 1. The molecule has 5 rings (SSSR count). The number of hydrogen-bond acceptors (Lipinski definition) is 5. The molecule has 1 amide bonds. The van der Waals surface area contributed by atoms with E-state index in [2.05, 4.69) is 10.3 Å². The van der Waals surface area contributed by atoms with Crippen molar-refractivity contribution in [2.75, 3.05) is 24.5 Å². The Morgan fingerprint density at radius 1 is 0.951 bits per heavy atom. The minimum Gasteiger partial charge on any atom is -0.393 e. The van der Waals surface area contributed by atoms with Crippen LogP contribution in [0.4, 0.5) is 32.2 Å². The van der Waals surface area contributed by atoms with E-state index < -0.39 is 42.0 Å². The largest absolute Gasteiger partial charge is 0.416 e. The summed E-state index contributed by atoms with van der Waals surface area (Å²) in [6, 6.07) is 8.14. The van der Waals surface area contributed by atoms with E-state index in [1.807, 2.05) is 12.1 Å². The van der Waals surface area contributed by atoms with Crippen LogP contribution in [-0.2, 0) is 18.9 Å². The van der Waals surface area contributed by atoms with Crippen molar-refractivity contribution < 1.29 is 36.2 Å². The number of rotatable bonds is 5. The monoisotopic (exact) mass is 601 g/mol. The standard InChI is InChI=1S/C27H26ClF6N5O2/c28-21-5-2-1-4-20(21)22-6-3-9-38(22)25(41)23-24(37-10-7-19(40)8-11-37)39(36-35-23)15-16-12-17(26(29,30)31)14-18(13-16)27(32,33)34/h1-2,4-5,12-14,19,22,40H,3,6-11,15H2. The molecule has 2 aliphatic rings. The van der Waals surface area contributed by atoms with E-state index in [9.17, 15) is 36.2 Å². The fraction of sp³-hybridized carbons (Fsp3) is 0.444. The van der Waals surface area contributed by atoms with Gasteiger partial charge in [-0.25, -0.2) is 4.68 Å². The first kappa shape index (κ1) is 29.2. The van der Waals surface area contributed by atoms with Crippen LogP contribution in [-0.4, -0.2) is 56.6 Å². The fourth-order valence-corrected chi connectivity index (χ4v) is 5.70. The quantitative estimate of drug-likeness (QED) is 0.366. The zero-order valence-electron chi connectivity index (χ0n) is 21.6. The van der Waals surface area contributed by atoms with Crippen molar-refractivity contribution in [3.05, 3.63) is 75.4 Å². The summed E-state index contributed by atoms with van der Waals surface area (Å²) in [6.45, 7) is 0.496. The van der Waals surface area contributed by atoms with Crippen LogP contribution in [0.15, 0.2) is 42.5 Å². The Balaban J connectivity index is 1.54. The average molecular weight is 602 g/mol. The van der Waals surface area contributed by atoms with Gasteiger partial charge in [0.05, 0.1) is 29.8 Å². The maximum absolute atomic E-state index is 13.9. The Hall–Kier alpha value is -3.32. The molecule has 0 saturated carbocycles. The summed E-state index contributed by atoms with van der Waals surface area (Å²) in [5, 5.41) is 18.6. The highest BCUT2D eigenvalue weighted by atomic mass is 35.5. The highest BCUT2D eigenvalue weighted by Gasteiger charge is 2.39. The molecule has 220 valence electrons. The summed E-state index contributed by atoms with van der Waals surface area (Å²) in [6.07, 6.45) is -8.52. The normalized spacial score (nSPS) is 18.8. The van der Waals surface area contributed by atoms with Crippen molar-refractivity contribution in [3.63, 3.8) is 0 Å². The van der Waals surface area contributed by atoms with Crippen molar-refractivity contribution in [2.24, 2.45) is 0 Å². The van der Waals surface area contributed by atoms with Gasteiger partial charge in [-0.15, -0.1) is 5.10 Å². The molecule has 1 atom stereocenters. The lowest BCUT2D eigenvalue weighted by molar-refractivity contribution is -0.143. The smallest absolute Gasteiger partial charge is 0.393 e. The van der Waals surface area contributed by atoms with Gasteiger partial charge in [0.25, 0.3) is 5.91 Å². The molecule has 3 aromatic rings. The van der Waals surface area contributed by atoms with Crippen molar-refractivity contribution in [3.8, 4) is 0 Å². The van der Waals surface area contributed by atoms with E-state index in [0.29, 0.717) is 62.5 Å². The van der Waals surface area contributed by atoms with Gasteiger partial charge in [0.15, 0.2) is 11.5 Å². The van der Waals surface area contributed by atoms with Crippen LogP contribution in [0.3, 0.4) is 0 Å². The lowest BCUT2D eigenvalue weighted by Gasteiger charge is -2.32. The number of likely N-dealkylation sites (tertiary alicyclic amines) is 1. The minimum atomic E-state index is -5.01. The van der Waals surface area contributed by atoms with Crippen molar-refractivity contribution in [1.82, 2.24) is 19.9 Å². The summed E-state index contributed by atoms with van der Waals surface area (Å²) in [5.74, 6) is -0.294. The van der Waals surface area contributed by atoms with Gasteiger partial charge in [-0.05, 0) is 61.1 Å². The number of benzene rings is 2. The number of carbonyl (C=O) groups excluding carboxylic acids is 1. The number of carbonyl (C=O) groups is 1. The predicted molar refractivity (Wildman–Crippen MR) is 137 cm³/mol. The third-order valence-electron chi connectivity index (χ3n) is 7.43. The second-order valence-corrected chi connectivity index (χ2v) is 10.6. The molecule has 2 aromatic carbocycles. The molecule has 7 nitrogen and oxygen atoms in total. The highest BCUT2D eigenvalue weighted by molar-refractivity contribution is 6.31. The molecule has 0 bridgehead atoms. The first-order valence-electron chi connectivity index (χ1n) is 13.0. The van der Waals surface area contributed by atoms with Crippen molar-refractivity contribution in [2.45, 2.75) is 56.7 Å². The van der Waals surface area contributed by atoms with Gasteiger partial charge in [0, 0.05) is 24.7 Å². The number of halogens is 7. The number of aromatic nitrogens is 3. The molecule has 0 aliphatic carbocycles. The first-order valence-corrected chi connectivity index (χ1v) is 13.4. The molecule has 2 fully saturated rings. The molecule has 1 N–H and O–H groups in total. The Morgan fingerprint density at radius 2 is 1.59 bits per heavy atom. The average Bonchev–Trinajstić information content (AvgIpc) is 3.56. The molecule has 14 heteroatoms. The third kappa shape index (κ3) is 6.15. The number of amides is 1. The van der Waals surface area contributed by atoms with Crippen LogP contribution in [0.1, 0.15) is 64.5 Å². The fourth-order valence-electron chi connectivity index (χ4n) is 5.44. The molecule has 3 heterocycles. The molecule has 2 aliphatic heterocycles. The summed E-state index contributed by atoms with van der Waals surface area (Å²) < 4.78 is 82.0. The lowest BCUT2D eigenvalue weighted by Crippen LogP contribution is -2.39. The summed E-state index contributed by atoms with van der Waals surface area (Å²) in [7, 11) is 0. The molecular formula is C27H26ClF6N5O2. The molecule has 2 saturated heterocycles. The van der Waals surface area contributed by atoms with Crippen molar-refractivity contribution >= 4 is 23.3 Å². The molecule has 1 unspecified atom stereocenters. The van der Waals surface area contributed by atoms with Gasteiger partial charge in [-0.2, -0.15) is 26.3 Å². The van der Waals surface area contributed by atoms with E-state index in [1.165, 1.54) is 0 Å². The predicted octanol–water partition coefficient (Wildman–Crippen LogP) is 5.96. The summed E-state index contributed by atoms with van der Waals surface area (Å²) in [4.78, 5) is 17.3. The Labute approximate surface area is 236 Å². The van der Waals surface area contributed by atoms with E-state index in [0.717, 1.165) is 10.2 Å². The molecule has 1 aromatic heterocycles. The van der Waals surface area contributed by atoms with E-state index in [4.69, 9.17) is 11.6 Å². The Bertz CT molecular complexity index is 1390. The van der Waals surface area contributed by atoms with Gasteiger partial charge in [-0.1, -0.05) is 35.0 Å². The SMILES string of the molecule is O=C(c1nnn(Cc2cc(C(F)(F)F)cc(C(F)(F)F)c2)c1N1CCC(O)CC1)N1CCCC1c1ccccc1Cl. The van der Waals surface area contributed by atoms with Crippen LogP contribution < -0.4 is 4.90 Å². The van der Waals surface area contributed by atoms with E-state index in [-0.39, 0.29) is 29.2 Å². The highest BCUT2D eigenvalue weighted by Crippen LogP contribution is 2.39. The van der Waals surface area contributed by atoms with Crippen LogP contribution in [0.2, 0.25) is 5.02 Å². The zero-order chi connectivity index (χ0) is 29.5. The number of alkyl halides is 6. The Kier molecular flexibility index (Phi) is 7.94. The second kappa shape index (κ2) is 11.2. The van der Waals surface area contributed by atoms with Crippen molar-refractivity contribution in [1.29, 1.82) is 0 Å². The van der Waals surface area contributed by atoms with E-state index in [1.54, 1.807) is 21.9 Å². The minimum absolute atomic E-state index is 0.0644. The second-order valence-electron chi connectivity index (χ2n) is 10.2. The summed E-state index contributed by atoms with van der Waals surface area (Å²) in [5.41, 5.74) is -2.49. The molecule has 41 heavy (non-hydrogen) atoms. The maximum atomic E-state index is 13.9. The summed E-state index contributed by atoms with van der Waals surface area (Å²) >= 11 is 6.41. The van der Waals surface area contributed by atoms with Gasteiger partial charge in [0.1, 0.15) is 0 Å². The number of aliphatic hydroxyl groups excluding tert-OH is 1. The number of piperidine rings is 1. The number of anilines is 1. The number of nitrogens with zero attached hydrogens (tertiary/aromatic N) is 5. The third-order valence-corrected chi connectivity index (χ3v) is 7.78. The van der Waals surface area contributed by atoms with Gasteiger partial charge >= 0.3 is 12.4 Å². The Morgan fingerprint density at radius 3 is 2.20 bits per heavy atom. The van der Waals surface area contributed by atoms with Crippen LogP contribution in [0.5, 0.6) is 0 Å². The van der Waals surface area contributed by atoms with Gasteiger partial charge in [0.2, 0.25) is 0 Å². The van der Waals surface area contributed by atoms with Crippen LogP contribution in [0.25, 0.3) is 0 Å². The van der Waals surface area contributed by atoms with E-state index >= 15 is 0 Å². The maximum Gasteiger partial charge on any atom is 0.416 e. The zero-order valence-corrected chi connectivity index (χ0v) is 22.3. The number of hydrogen-bond donors (Lipinski definition) is 1. The molecular weight excluding hydrogens is 576 g/mol.